The van der Waals surface area contributed by atoms with Crippen molar-refractivity contribution in [1.29, 1.82) is 0 Å². The second-order valence-corrected chi connectivity index (χ2v) is 10.8. The fourth-order valence-electron chi connectivity index (χ4n) is 5.78. The van der Waals surface area contributed by atoms with Crippen molar-refractivity contribution < 1.29 is 18.7 Å². The smallest absolute Gasteiger partial charge is 0.225 e. The highest BCUT2D eigenvalue weighted by molar-refractivity contribution is 5.86. The van der Waals surface area contributed by atoms with Crippen LogP contribution in [0, 0.1) is 5.82 Å². The maximum atomic E-state index is 13.4. The lowest BCUT2D eigenvalue weighted by atomic mass is 9.96. The Morgan fingerprint density at radius 2 is 1.79 bits per heavy atom. The Balaban J connectivity index is 1.36. The molecule has 38 heavy (non-hydrogen) atoms. The highest BCUT2D eigenvalue weighted by Gasteiger charge is 2.41. The lowest BCUT2D eigenvalue weighted by molar-refractivity contribution is -0.157. The number of halogens is 1. The van der Waals surface area contributed by atoms with Gasteiger partial charge in [-0.1, -0.05) is 25.1 Å². The molecule has 0 radical (unpaired) electrons. The van der Waals surface area contributed by atoms with E-state index >= 15 is 0 Å². The molecule has 0 unspecified atom stereocenters. The minimum Gasteiger partial charge on any atom is -0.491 e. The summed E-state index contributed by atoms with van der Waals surface area (Å²) in [6.07, 6.45) is 3.47. The van der Waals surface area contributed by atoms with Crippen molar-refractivity contribution in [2.45, 2.75) is 31.9 Å². The largest absolute Gasteiger partial charge is 0.491 e. The van der Waals surface area contributed by atoms with E-state index in [-0.39, 0.29) is 24.8 Å². The SMILES string of the molecule is CCc1cccc2c(CN3CCO[C@@](COc4ccc(F)cc4)(CC(=O)N4CCN(C)CC4)C3)cn(C)c12. The molecule has 5 rings (SSSR count). The van der Waals surface area contributed by atoms with Crippen molar-refractivity contribution in [3.8, 4) is 5.75 Å². The van der Waals surface area contributed by atoms with E-state index in [1.807, 2.05) is 4.90 Å². The Morgan fingerprint density at radius 3 is 2.53 bits per heavy atom. The van der Waals surface area contributed by atoms with Crippen LogP contribution < -0.4 is 4.74 Å². The Bertz CT molecular complexity index is 1250. The Labute approximate surface area is 224 Å². The number of fused-ring (bicyclic) bond motifs is 1. The van der Waals surface area contributed by atoms with Gasteiger partial charge < -0.3 is 23.8 Å². The van der Waals surface area contributed by atoms with Crippen LogP contribution in [-0.4, -0.2) is 90.3 Å². The van der Waals surface area contributed by atoms with E-state index in [0.717, 1.165) is 45.7 Å². The van der Waals surface area contributed by atoms with E-state index in [1.165, 1.54) is 34.2 Å². The zero-order chi connectivity index (χ0) is 26.7. The zero-order valence-corrected chi connectivity index (χ0v) is 22.8. The van der Waals surface area contributed by atoms with Crippen LogP contribution in [0.25, 0.3) is 10.9 Å². The summed E-state index contributed by atoms with van der Waals surface area (Å²) in [6.45, 7) is 8.27. The van der Waals surface area contributed by atoms with Gasteiger partial charge in [-0.05, 0) is 48.9 Å². The number of carbonyl (C=O) groups is 1. The zero-order valence-electron chi connectivity index (χ0n) is 22.8. The predicted octanol–water partition coefficient (Wildman–Crippen LogP) is 3.69. The number of likely N-dealkylation sites (N-methyl/N-ethyl adjacent to an activating group) is 1. The maximum Gasteiger partial charge on any atom is 0.225 e. The molecule has 3 aromatic rings. The molecule has 0 aliphatic carbocycles. The lowest BCUT2D eigenvalue weighted by Gasteiger charge is -2.43. The van der Waals surface area contributed by atoms with Gasteiger partial charge in [-0.3, -0.25) is 9.69 Å². The molecule has 0 bridgehead atoms. The van der Waals surface area contributed by atoms with Crippen LogP contribution in [0.1, 0.15) is 24.5 Å². The average molecular weight is 523 g/mol. The number of hydrogen-bond acceptors (Lipinski definition) is 5. The normalized spacial score (nSPS) is 21.2. The topological polar surface area (TPSA) is 50.2 Å². The molecule has 2 fully saturated rings. The first-order valence-electron chi connectivity index (χ1n) is 13.6. The fourth-order valence-corrected chi connectivity index (χ4v) is 5.78. The lowest BCUT2D eigenvalue weighted by Crippen LogP contribution is -2.58. The van der Waals surface area contributed by atoms with E-state index in [4.69, 9.17) is 9.47 Å². The van der Waals surface area contributed by atoms with Crippen LogP contribution in [0.3, 0.4) is 0 Å². The van der Waals surface area contributed by atoms with Crippen LogP contribution in [0.2, 0.25) is 0 Å². The second-order valence-electron chi connectivity index (χ2n) is 10.8. The van der Waals surface area contributed by atoms with Gasteiger partial charge in [0.1, 0.15) is 23.8 Å². The summed E-state index contributed by atoms with van der Waals surface area (Å²) in [5.41, 5.74) is 3.12. The summed E-state index contributed by atoms with van der Waals surface area (Å²) in [6, 6.07) is 12.5. The van der Waals surface area contributed by atoms with Gasteiger partial charge in [-0.2, -0.15) is 0 Å². The van der Waals surface area contributed by atoms with Gasteiger partial charge >= 0.3 is 0 Å². The summed E-state index contributed by atoms with van der Waals surface area (Å²) in [5, 5.41) is 1.28. The van der Waals surface area contributed by atoms with E-state index in [1.54, 1.807) is 12.1 Å². The third kappa shape index (κ3) is 5.87. The number of rotatable bonds is 8. The van der Waals surface area contributed by atoms with Crippen molar-refractivity contribution in [3.05, 3.63) is 65.6 Å². The third-order valence-corrected chi connectivity index (χ3v) is 7.92. The molecule has 0 N–H and O–H groups in total. The maximum absolute atomic E-state index is 13.4. The standard InChI is InChI=1S/C30H39FN4O3/c1-4-23-6-5-7-27-24(19-33(3)29(23)27)20-34-16-17-38-30(21-34,22-37-26-10-8-25(31)9-11-26)18-28(36)35-14-12-32(2)13-15-35/h5-11,19H,4,12-18,20-22H2,1-3H3/t30-/m0/s1. The minimum absolute atomic E-state index is 0.0976. The second kappa shape index (κ2) is 11.4. The van der Waals surface area contributed by atoms with Crippen molar-refractivity contribution in [3.63, 3.8) is 0 Å². The molecule has 7 nitrogen and oxygen atoms in total. The minimum atomic E-state index is -0.785. The van der Waals surface area contributed by atoms with E-state index in [2.05, 4.69) is 59.8 Å². The molecule has 0 spiro atoms. The van der Waals surface area contributed by atoms with Crippen molar-refractivity contribution in [2.75, 3.05) is 59.5 Å². The molecular weight excluding hydrogens is 483 g/mol. The van der Waals surface area contributed by atoms with Crippen LogP contribution in [-0.2, 0) is 29.5 Å². The Kier molecular flexibility index (Phi) is 8.02. The molecule has 0 saturated carbocycles. The number of para-hydroxylation sites is 1. The molecule has 2 aliphatic rings. The van der Waals surface area contributed by atoms with Gasteiger partial charge in [0.15, 0.2) is 0 Å². The predicted molar refractivity (Wildman–Crippen MR) is 147 cm³/mol. The van der Waals surface area contributed by atoms with Crippen LogP contribution in [0.5, 0.6) is 5.75 Å². The number of amides is 1. The number of nitrogens with zero attached hydrogens (tertiary/aromatic N) is 4. The molecule has 1 amide bonds. The molecule has 3 heterocycles. The number of benzene rings is 2. The number of piperazine rings is 1. The third-order valence-electron chi connectivity index (χ3n) is 7.92. The van der Waals surface area contributed by atoms with Gasteiger partial charge in [0.05, 0.1) is 18.5 Å². The number of morpholine rings is 1. The molecule has 2 aliphatic heterocycles. The number of hydrogen-bond donors (Lipinski definition) is 0. The number of carbonyl (C=O) groups excluding carboxylic acids is 1. The summed E-state index contributed by atoms with van der Waals surface area (Å²) < 4.78 is 28.2. The Morgan fingerprint density at radius 1 is 1.03 bits per heavy atom. The highest BCUT2D eigenvalue weighted by atomic mass is 19.1. The van der Waals surface area contributed by atoms with E-state index in [0.29, 0.717) is 18.9 Å². The van der Waals surface area contributed by atoms with E-state index in [9.17, 15) is 9.18 Å². The quantitative estimate of drug-likeness (QED) is 0.452. The first kappa shape index (κ1) is 26.7. The van der Waals surface area contributed by atoms with Gasteiger partial charge in [0, 0.05) is 64.4 Å². The van der Waals surface area contributed by atoms with Gasteiger partial charge in [-0.25, -0.2) is 4.39 Å². The molecule has 1 aromatic heterocycles. The van der Waals surface area contributed by atoms with Gasteiger partial charge in [-0.15, -0.1) is 0 Å². The summed E-state index contributed by atoms with van der Waals surface area (Å²) in [7, 11) is 4.19. The number of aromatic nitrogens is 1. The Hall–Kier alpha value is -2.94. The van der Waals surface area contributed by atoms with Crippen LogP contribution in [0.4, 0.5) is 4.39 Å². The first-order valence-corrected chi connectivity index (χ1v) is 13.6. The first-order chi connectivity index (χ1) is 18.4. The summed E-state index contributed by atoms with van der Waals surface area (Å²) >= 11 is 0. The van der Waals surface area contributed by atoms with Gasteiger partial charge in [0.2, 0.25) is 5.91 Å². The van der Waals surface area contributed by atoms with Crippen molar-refractivity contribution in [1.82, 2.24) is 19.3 Å². The van der Waals surface area contributed by atoms with Gasteiger partial charge in [0.25, 0.3) is 0 Å². The number of ether oxygens (including phenoxy) is 2. The molecule has 2 aromatic carbocycles. The monoisotopic (exact) mass is 522 g/mol. The average Bonchev–Trinajstić information content (AvgIpc) is 3.24. The van der Waals surface area contributed by atoms with Crippen molar-refractivity contribution >= 4 is 16.8 Å². The summed E-state index contributed by atoms with van der Waals surface area (Å²) in [5.74, 6) is 0.360. The highest BCUT2D eigenvalue weighted by Crippen LogP contribution is 2.30. The molecular formula is C30H39FN4O3. The molecule has 8 heteroatoms. The fraction of sp³-hybridized carbons (Fsp3) is 0.500. The van der Waals surface area contributed by atoms with Crippen LogP contribution >= 0.6 is 0 Å². The van der Waals surface area contributed by atoms with Crippen molar-refractivity contribution in [2.24, 2.45) is 7.05 Å². The van der Waals surface area contributed by atoms with Crippen LogP contribution in [0.15, 0.2) is 48.7 Å². The summed E-state index contributed by atoms with van der Waals surface area (Å²) in [4.78, 5) is 20.0. The molecule has 1 atom stereocenters. The van der Waals surface area contributed by atoms with E-state index < -0.39 is 5.60 Å². The molecule has 2 saturated heterocycles. The number of aryl methyl sites for hydroxylation is 2. The molecule has 204 valence electrons.